The molecule has 0 bridgehead atoms. The number of ether oxygens (including phenoxy) is 1. The van der Waals surface area contributed by atoms with Crippen molar-refractivity contribution in [3.05, 3.63) is 41.9 Å². The second kappa shape index (κ2) is 11.4. The highest BCUT2D eigenvalue weighted by atomic mass is 16.6. The van der Waals surface area contributed by atoms with Crippen LogP contribution in [0.3, 0.4) is 0 Å². The summed E-state index contributed by atoms with van der Waals surface area (Å²) in [7, 11) is 3.55. The van der Waals surface area contributed by atoms with Gasteiger partial charge in [0.2, 0.25) is 5.95 Å². The highest BCUT2D eigenvalue weighted by Gasteiger charge is 2.27. The van der Waals surface area contributed by atoms with Crippen LogP contribution in [0.25, 0.3) is 11.0 Å². The number of hydrogen-bond acceptors (Lipinski definition) is 8. The summed E-state index contributed by atoms with van der Waals surface area (Å²) in [6.07, 6.45) is 7.79. The lowest BCUT2D eigenvalue weighted by molar-refractivity contribution is 0.0139. The van der Waals surface area contributed by atoms with E-state index < -0.39 is 5.60 Å². The van der Waals surface area contributed by atoms with Crippen molar-refractivity contribution < 1.29 is 14.3 Å². The molecule has 11 nitrogen and oxygen atoms in total. The molecule has 1 N–H and O–H groups in total. The molecule has 214 valence electrons. The number of nitrogens with one attached hydrogen (secondary N) is 1. The van der Waals surface area contributed by atoms with Gasteiger partial charge in [-0.3, -0.25) is 9.69 Å². The van der Waals surface area contributed by atoms with Gasteiger partial charge in [-0.25, -0.2) is 14.8 Å². The van der Waals surface area contributed by atoms with Gasteiger partial charge < -0.3 is 24.4 Å². The Hall–Kier alpha value is -3.73. The first-order valence-corrected chi connectivity index (χ1v) is 14.1. The van der Waals surface area contributed by atoms with E-state index >= 15 is 0 Å². The Kier molecular flexibility index (Phi) is 7.93. The highest BCUT2D eigenvalue weighted by molar-refractivity contribution is 5.97. The number of anilines is 2. The van der Waals surface area contributed by atoms with Crippen molar-refractivity contribution in [2.75, 3.05) is 45.6 Å². The number of carbonyl (C=O) groups is 2. The molecule has 0 radical (unpaired) electrons. The molecule has 40 heavy (non-hydrogen) atoms. The Morgan fingerprint density at radius 3 is 2.40 bits per heavy atom. The molecular formula is C29H40N8O3. The average Bonchev–Trinajstić information content (AvgIpc) is 3.56. The molecule has 1 saturated heterocycles. The van der Waals surface area contributed by atoms with Crippen LogP contribution in [0.4, 0.5) is 16.6 Å². The molecule has 1 saturated carbocycles. The van der Waals surface area contributed by atoms with Crippen LogP contribution < -0.4 is 5.32 Å². The van der Waals surface area contributed by atoms with Crippen LogP contribution in [-0.2, 0) is 11.3 Å². The minimum atomic E-state index is -0.485. The summed E-state index contributed by atoms with van der Waals surface area (Å²) in [5.41, 5.74) is 2.04. The fourth-order valence-electron chi connectivity index (χ4n) is 5.37. The van der Waals surface area contributed by atoms with Crippen LogP contribution in [0.2, 0.25) is 0 Å². The topological polar surface area (TPSA) is 109 Å². The summed E-state index contributed by atoms with van der Waals surface area (Å²) in [5, 5.41) is 4.09. The molecule has 0 aromatic carbocycles. The average molecular weight is 549 g/mol. The molecule has 2 amide bonds. The van der Waals surface area contributed by atoms with Crippen LogP contribution in [0.5, 0.6) is 0 Å². The number of rotatable bonds is 6. The third-order valence-electron chi connectivity index (χ3n) is 7.39. The second-order valence-electron chi connectivity index (χ2n) is 11.9. The minimum Gasteiger partial charge on any atom is -0.444 e. The van der Waals surface area contributed by atoms with Gasteiger partial charge in [0.25, 0.3) is 5.91 Å². The molecule has 3 aromatic rings. The molecule has 2 aliphatic rings. The van der Waals surface area contributed by atoms with E-state index in [1.54, 1.807) is 30.1 Å². The number of fused-ring (bicyclic) bond motifs is 1. The van der Waals surface area contributed by atoms with Crippen molar-refractivity contribution in [3.63, 3.8) is 0 Å². The van der Waals surface area contributed by atoms with Crippen molar-refractivity contribution in [3.8, 4) is 0 Å². The monoisotopic (exact) mass is 548 g/mol. The molecule has 2 fully saturated rings. The summed E-state index contributed by atoms with van der Waals surface area (Å²) in [5.74, 6) is 1.08. The summed E-state index contributed by atoms with van der Waals surface area (Å²) < 4.78 is 7.60. The number of amides is 2. The van der Waals surface area contributed by atoms with E-state index in [1.165, 1.54) is 0 Å². The van der Waals surface area contributed by atoms with Gasteiger partial charge in [0.05, 0.1) is 0 Å². The molecular weight excluding hydrogens is 508 g/mol. The van der Waals surface area contributed by atoms with Gasteiger partial charge in [-0.15, -0.1) is 0 Å². The number of carbonyl (C=O) groups excluding carboxylic acids is 2. The summed E-state index contributed by atoms with van der Waals surface area (Å²) in [6.45, 7) is 9.27. The minimum absolute atomic E-state index is 0.0251. The van der Waals surface area contributed by atoms with Crippen molar-refractivity contribution in [2.45, 2.75) is 64.6 Å². The van der Waals surface area contributed by atoms with Crippen molar-refractivity contribution in [1.29, 1.82) is 0 Å². The Bertz CT molecular complexity index is 1350. The molecule has 1 aliphatic carbocycles. The maximum absolute atomic E-state index is 12.9. The lowest BCUT2D eigenvalue weighted by Crippen LogP contribution is -2.49. The Morgan fingerprint density at radius 2 is 1.77 bits per heavy atom. The zero-order valence-electron chi connectivity index (χ0n) is 24.2. The highest BCUT2D eigenvalue weighted by Crippen LogP contribution is 2.35. The van der Waals surface area contributed by atoms with Crippen LogP contribution in [0.15, 0.2) is 30.6 Å². The second-order valence-corrected chi connectivity index (χ2v) is 11.9. The van der Waals surface area contributed by atoms with Crippen molar-refractivity contribution in [1.82, 2.24) is 34.2 Å². The van der Waals surface area contributed by atoms with E-state index in [1.807, 2.05) is 45.2 Å². The number of aromatic nitrogens is 4. The van der Waals surface area contributed by atoms with E-state index in [0.29, 0.717) is 30.5 Å². The van der Waals surface area contributed by atoms with Crippen LogP contribution in [0, 0.1) is 0 Å². The molecule has 1 aliphatic heterocycles. The maximum atomic E-state index is 12.9. The molecule has 5 rings (SSSR count). The van der Waals surface area contributed by atoms with E-state index in [-0.39, 0.29) is 18.0 Å². The van der Waals surface area contributed by atoms with E-state index in [4.69, 9.17) is 9.72 Å². The van der Waals surface area contributed by atoms with E-state index in [0.717, 1.165) is 61.9 Å². The van der Waals surface area contributed by atoms with Crippen molar-refractivity contribution >= 4 is 34.8 Å². The number of pyridine rings is 1. The van der Waals surface area contributed by atoms with Crippen LogP contribution in [-0.4, -0.2) is 92.1 Å². The Balaban J connectivity index is 1.23. The van der Waals surface area contributed by atoms with Gasteiger partial charge in [-0.1, -0.05) is 18.9 Å². The fraction of sp³-hybridized carbons (Fsp3) is 0.552. The normalized spacial score (nSPS) is 16.9. The number of hydrogen-bond donors (Lipinski definition) is 1. The van der Waals surface area contributed by atoms with Crippen LogP contribution >= 0.6 is 0 Å². The number of nitrogens with zero attached hydrogens (tertiary/aromatic N) is 7. The lowest BCUT2D eigenvalue weighted by atomic mass is 10.2. The fourth-order valence-corrected chi connectivity index (χ4v) is 5.37. The maximum Gasteiger partial charge on any atom is 0.410 e. The Morgan fingerprint density at radius 1 is 1.05 bits per heavy atom. The first kappa shape index (κ1) is 27.8. The van der Waals surface area contributed by atoms with E-state index in [9.17, 15) is 9.59 Å². The first-order valence-electron chi connectivity index (χ1n) is 14.1. The van der Waals surface area contributed by atoms with Gasteiger partial charge in [0, 0.05) is 70.6 Å². The van der Waals surface area contributed by atoms with Gasteiger partial charge in [0.1, 0.15) is 22.8 Å². The molecule has 11 heteroatoms. The molecule has 0 unspecified atom stereocenters. The third kappa shape index (κ3) is 6.35. The lowest BCUT2D eigenvalue weighted by Gasteiger charge is -2.35. The van der Waals surface area contributed by atoms with E-state index in [2.05, 4.69) is 24.8 Å². The van der Waals surface area contributed by atoms with Crippen LogP contribution in [0.1, 0.15) is 68.5 Å². The quantitative estimate of drug-likeness (QED) is 0.482. The SMILES string of the molecule is CN(C)C(=O)c1cc2cnc(Nc3ccc(CN4CCN(C(=O)OC(C)(C)C)CC4)cn3)nc2n1C1CCCC1. The third-order valence-corrected chi connectivity index (χ3v) is 7.39. The standard InChI is InChI=1S/C29H40N8O3/c1-29(2,3)40-28(39)36-14-12-35(13-15-36)19-20-10-11-24(30-17-20)32-27-31-18-21-16-23(26(38)34(4)5)37(25(21)33-27)22-8-6-7-9-22/h10-11,16-18,22H,6-9,12-15,19H2,1-5H3,(H,30,31,32,33). The largest absolute Gasteiger partial charge is 0.444 e. The van der Waals surface area contributed by atoms with Gasteiger partial charge in [0.15, 0.2) is 0 Å². The molecule has 0 spiro atoms. The predicted molar refractivity (Wildman–Crippen MR) is 154 cm³/mol. The smallest absolute Gasteiger partial charge is 0.410 e. The number of piperazine rings is 1. The first-order chi connectivity index (χ1) is 19.1. The van der Waals surface area contributed by atoms with Gasteiger partial charge in [-0.2, -0.15) is 4.98 Å². The summed E-state index contributed by atoms with van der Waals surface area (Å²) in [4.78, 5) is 44.9. The zero-order valence-corrected chi connectivity index (χ0v) is 24.2. The summed E-state index contributed by atoms with van der Waals surface area (Å²) >= 11 is 0. The Labute approximate surface area is 235 Å². The molecule has 4 heterocycles. The molecule has 0 atom stereocenters. The zero-order chi connectivity index (χ0) is 28.4. The molecule has 3 aromatic heterocycles. The van der Waals surface area contributed by atoms with Crippen molar-refractivity contribution in [2.24, 2.45) is 0 Å². The van der Waals surface area contributed by atoms with Gasteiger partial charge >= 0.3 is 6.09 Å². The van der Waals surface area contributed by atoms with Gasteiger partial charge in [-0.05, 0) is 51.3 Å². The summed E-state index contributed by atoms with van der Waals surface area (Å²) in [6, 6.07) is 6.14. The predicted octanol–water partition coefficient (Wildman–Crippen LogP) is 4.44.